The van der Waals surface area contributed by atoms with Crippen molar-refractivity contribution in [1.29, 1.82) is 0 Å². The van der Waals surface area contributed by atoms with Gasteiger partial charge in [0.1, 0.15) is 0 Å². The summed E-state index contributed by atoms with van der Waals surface area (Å²) in [7, 11) is 0. The summed E-state index contributed by atoms with van der Waals surface area (Å²) in [6.45, 7) is 4.67. The van der Waals surface area contributed by atoms with E-state index in [1.54, 1.807) is 0 Å². The Kier molecular flexibility index (Phi) is 5.15. The molecule has 2 rings (SSSR count). The van der Waals surface area contributed by atoms with Crippen LogP contribution in [0.4, 0.5) is 0 Å². The first-order valence-corrected chi connectivity index (χ1v) is 7.62. The molecule has 0 aromatic heterocycles. The minimum atomic E-state index is 0.991. The average Bonchev–Trinajstić information content (AvgIpc) is 2.73. The fraction of sp³-hybridized carbons (Fsp3) is 1.00. The van der Waals surface area contributed by atoms with Gasteiger partial charge < -0.3 is 5.32 Å². The SMILES string of the molecule is CCNCC1CCCCCC1C1CCCC1. The van der Waals surface area contributed by atoms with E-state index in [9.17, 15) is 0 Å². The van der Waals surface area contributed by atoms with Crippen molar-refractivity contribution < 1.29 is 0 Å². The van der Waals surface area contributed by atoms with Crippen molar-refractivity contribution in [3.8, 4) is 0 Å². The van der Waals surface area contributed by atoms with Gasteiger partial charge in [-0.15, -0.1) is 0 Å². The maximum Gasteiger partial charge on any atom is -0.00179 e. The van der Waals surface area contributed by atoms with Crippen molar-refractivity contribution in [2.75, 3.05) is 13.1 Å². The standard InChI is InChI=1S/C15H29N/c1-2-16-12-14-10-4-3-5-11-15(14)13-8-6-7-9-13/h13-16H,2-12H2,1H3. The molecule has 16 heavy (non-hydrogen) atoms. The minimum absolute atomic E-state index is 0.991. The Morgan fingerprint density at radius 3 is 2.31 bits per heavy atom. The molecule has 0 aliphatic heterocycles. The van der Waals surface area contributed by atoms with E-state index in [-0.39, 0.29) is 0 Å². The fourth-order valence-corrected chi connectivity index (χ4v) is 4.00. The van der Waals surface area contributed by atoms with Gasteiger partial charge in [0.15, 0.2) is 0 Å². The summed E-state index contributed by atoms with van der Waals surface area (Å²) in [4.78, 5) is 0. The van der Waals surface area contributed by atoms with Crippen LogP contribution < -0.4 is 5.32 Å². The van der Waals surface area contributed by atoms with Crippen molar-refractivity contribution in [2.45, 2.75) is 64.7 Å². The van der Waals surface area contributed by atoms with Gasteiger partial charge in [-0.25, -0.2) is 0 Å². The smallest absolute Gasteiger partial charge is 0.00179 e. The number of rotatable bonds is 4. The quantitative estimate of drug-likeness (QED) is 0.711. The topological polar surface area (TPSA) is 12.0 Å². The molecule has 0 aromatic carbocycles. The highest BCUT2D eigenvalue weighted by Crippen LogP contribution is 2.41. The summed E-state index contributed by atoms with van der Waals surface area (Å²) in [5.41, 5.74) is 0. The summed E-state index contributed by atoms with van der Waals surface area (Å²) in [6, 6.07) is 0. The molecule has 94 valence electrons. The third-order valence-electron chi connectivity index (χ3n) is 4.88. The zero-order valence-electron chi connectivity index (χ0n) is 11.0. The van der Waals surface area contributed by atoms with Crippen LogP contribution in [0.3, 0.4) is 0 Å². The number of nitrogens with one attached hydrogen (secondary N) is 1. The Morgan fingerprint density at radius 1 is 0.875 bits per heavy atom. The molecule has 2 atom stereocenters. The van der Waals surface area contributed by atoms with Crippen molar-refractivity contribution in [2.24, 2.45) is 17.8 Å². The molecule has 0 saturated heterocycles. The van der Waals surface area contributed by atoms with Crippen LogP contribution in [0.15, 0.2) is 0 Å². The van der Waals surface area contributed by atoms with Crippen LogP contribution >= 0.6 is 0 Å². The molecule has 2 unspecified atom stereocenters. The molecule has 0 heterocycles. The second kappa shape index (κ2) is 6.64. The second-order valence-corrected chi connectivity index (χ2v) is 5.91. The van der Waals surface area contributed by atoms with Gasteiger partial charge in [-0.2, -0.15) is 0 Å². The van der Waals surface area contributed by atoms with E-state index in [4.69, 9.17) is 0 Å². The Hall–Kier alpha value is -0.0400. The second-order valence-electron chi connectivity index (χ2n) is 5.91. The van der Waals surface area contributed by atoms with E-state index in [0.717, 1.165) is 24.3 Å². The molecule has 2 aliphatic carbocycles. The number of hydrogen-bond donors (Lipinski definition) is 1. The Balaban J connectivity index is 1.91. The minimum Gasteiger partial charge on any atom is -0.317 e. The zero-order chi connectivity index (χ0) is 11.2. The van der Waals surface area contributed by atoms with E-state index >= 15 is 0 Å². The van der Waals surface area contributed by atoms with Gasteiger partial charge in [0.05, 0.1) is 0 Å². The molecule has 1 nitrogen and oxygen atoms in total. The number of hydrogen-bond acceptors (Lipinski definition) is 1. The van der Waals surface area contributed by atoms with Crippen LogP contribution in [0, 0.1) is 17.8 Å². The molecule has 0 amide bonds. The Bertz CT molecular complexity index is 184. The van der Waals surface area contributed by atoms with Gasteiger partial charge in [-0.05, 0) is 43.7 Å². The lowest BCUT2D eigenvalue weighted by Gasteiger charge is -2.30. The maximum atomic E-state index is 3.60. The molecule has 0 aromatic rings. The molecule has 2 aliphatic rings. The summed E-state index contributed by atoms with van der Waals surface area (Å²) in [6.07, 6.45) is 13.6. The maximum absolute atomic E-state index is 3.60. The first kappa shape index (κ1) is 12.4. The Labute approximate surface area is 101 Å². The van der Waals surface area contributed by atoms with Gasteiger partial charge in [0.2, 0.25) is 0 Å². The normalized spacial score (nSPS) is 32.8. The summed E-state index contributed by atoms with van der Waals surface area (Å²) in [5, 5.41) is 3.60. The first-order chi connectivity index (χ1) is 7.92. The summed E-state index contributed by atoms with van der Waals surface area (Å²) < 4.78 is 0. The largest absolute Gasteiger partial charge is 0.317 e. The molecule has 0 radical (unpaired) electrons. The predicted octanol–water partition coefficient (Wildman–Crippen LogP) is 3.98. The van der Waals surface area contributed by atoms with Crippen LogP contribution in [-0.4, -0.2) is 13.1 Å². The van der Waals surface area contributed by atoms with Gasteiger partial charge in [-0.3, -0.25) is 0 Å². The molecular formula is C15H29N. The van der Waals surface area contributed by atoms with E-state index in [2.05, 4.69) is 12.2 Å². The monoisotopic (exact) mass is 223 g/mol. The van der Waals surface area contributed by atoms with E-state index in [1.165, 1.54) is 64.3 Å². The van der Waals surface area contributed by atoms with Crippen LogP contribution in [0.1, 0.15) is 64.7 Å². The summed E-state index contributed by atoms with van der Waals surface area (Å²) >= 11 is 0. The van der Waals surface area contributed by atoms with Gasteiger partial charge in [-0.1, -0.05) is 51.9 Å². The van der Waals surface area contributed by atoms with Crippen LogP contribution in [0.25, 0.3) is 0 Å². The third kappa shape index (κ3) is 3.23. The molecule has 0 spiro atoms. The van der Waals surface area contributed by atoms with Crippen LogP contribution in [0.2, 0.25) is 0 Å². The van der Waals surface area contributed by atoms with Gasteiger partial charge in [0, 0.05) is 0 Å². The molecule has 1 heteroatoms. The van der Waals surface area contributed by atoms with Crippen molar-refractivity contribution in [1.82, 2.24) is 5.32 Å². The zero-order valence-corrected chi connectivity index (χ0v) is 11.0. The predicted molar refractivity (Wildman–Crippen MR) is 70.6 cm³/mol. The van der Waals surface area contributed by atoms with E-state index < -0.39 is 0 Å². The van der Waals surface area contributed by atoms with Crippen LogP contribution in [0.5, 0.6) is 0 Å². The highest BCUT2D eigenvalue weighted by atomic mass is 14.8. The van der Waals surface area contributed by atoms with Crippen LogP contribution in [-0.2, 0) is 0 Å². The average molecular weight is 223 g/mol. The van der Waals surface area contributed by atoms with E-state index in [0.29, 0.717) is 0 Å². The van der Waals surface area contributed by atoms with Crippen molar-refractivity contribution in [3.63, 3.8) is 0 Å². The lowest BCUT2D eigenvalue weighted by atomic mass is 9.77. The highest BCUT2D eigenvalue weighted by molar-refractivity contribution is 4.83. The van der Waals surface area contributed by atoms with Gasteiger partial charge >= 0.3 is 0 Å². The molecule has 2 saturated carbocycles. The highest BCUT2D eigenvalue weighted by Gasteiger charge is 2.31. The lowest BCUT2D eigenvalue weighted by molar-refractivity contribution is 0.209. The van der Waals surface area contributed by atoms with Crippen molar-refractivity contribution in [3.05, 3.63) is 0 Å². The van der Waals surface area contributed by atoms with E-state index in [1.807, 2.05) is 0 Å². The molecule has 2 fully saturated rings. The molecule has 0 bridgehead atoms. The van der Waals surface area contributed by atoms with Crippen molar-refractivity contribution >= 4 is 0 Å². The first-order valence-electron chi connectivity index (χ1n) is 7.62. The molecule has 1 N–H and O–H groups in total. The Morgan fingerprint density at radius 2 is 1.56 bits per heavy atom. The van der Waals surface area contributed by atoms with Gasteiger partial charge in [0.25, 0.3) is 0 Å². The third-order valence-corrected chi connectivity index (χ3v) is 4.88. The summed E-state index contributed by atoms with van der Waals surface area (Å²) in [5.74, 6) is 3.14. The molecular weight excluding hydrogens is 194 g/mol. The lowest BCUT2D eigenvalue weighted by Crippen LogP contribution is -2.31. The fourth-order valence-electron chi connectivity index (χ4n) is 4.00.